The molecule has 0 unspecified atom stereocenters. The van der Waals surface area contributed by atoms with Gasteiger partial charge in [-0.15, -0.1) is 0 Å². The van der Waals surface area contributed by atoms with Gasteiger partial charge in [0.15, 0.2) is 5.82 Å². The van der Waals surface area contributed by atoms with E-state index in [1.54, 1.807) is 13.0 Å². The predicted molar refractivity (Wildman–Crippen MR) is 72.8 cm³/mol. The fraction of sp³-hybridized carbons (Fsp3) is 0.308. The average molecular weight is 273 g/mol. The molecule has 0 fully saturated rings. The molecule has 7 heteroatoms. The third-order valence-corrected chi connectivity index (χ3v) is 3.12. The van der Waals surface area contributed by atoms with Gasteiger partial charge >= 0.3 is 0 Å². The zero-order chi connectivity index (χ0) is 14.1. The summed E-state index contributed by atoms with van der Waals surface area (Å²) in [5.41, 5.74) is 8.11. The summed E-state index contributed by atoms with van der Waals surface area (Å²) in [4.78, 5) is 8.54. The van der Waals surface area contributed by atoms with Gasteiger partial charge < -0.3 is 19.9 Å². The molecule has 3 aromatic rings. The molecule has 0 radical (unpaired) electrons. The molecule has 0 spiro atoms. The van der Waals surface area contributed by atoms with Crippen molar-refractivity contribution in [3.63, 3.8) is 0 Å². The number of nitrogen functional groups attached to an aromatic ring is 1. The van der Waals surface area contributed by atoms with Gasteiger partial charge in [0.2, 0.25) is 5.89 Å². The molecule has 0 aliphatic rings. The van der Waals surface area contributed by atoms with Crippen LogP contribution in [0.5, 0.6) is 0 Å². The Morgan fingerprint density at radius 2 is 2.20 bits per heavy atom. The van der Waals surface area contributed by atoms with Gasteiger partial charge in [0.25, 0.3) is 0 Å². The third kappa shape index (κ3) is 2.23. The van der Waals surface area contributed by atoms with Gasteiger partial charge in [-0.1, -0.05) is 5.16 Å². The summed E-state index contributed by atoms with van der Waals surface area (Å²) in [7, 11) is 0. The van der Waals surface area contributed by atoms with Crippen molar-refractivity contribution in [2.24, 2.45) is 0 Å². The Bertz CT molecular complexity index is 746. The van der Waals surface area contributed by atoms with Gasteiger partial charge in [-0.2, -0.15) is 4.98 Å². The van der Waals surface area contributed by atoms with E-state index in [-0.39, 0.29) is 6.61 Å². The molecular weight excluding hydrogens is 258 g/mol. The van der Waals surface area contributed by atoms with E-state index in [4.69, 9.17) is 10.3 Å². The van der Waals surface area contributed by atoms with Crippen molar-refractivity contribution in [3.05, 3.63) is 35.7 Å². The van der Waals surface area contributed by atoms with Crippen molar-refractivity contribution in [1.29, 1.82) is 0 Å². The predicted octanol–water partition coefficient (Wildman–Crippen LogP) is 1.04. The number of anilines is 1. The first-order chi connectivity index (χ1) is 9.67. The Morgan fingerprint density at radius 3 is 2.90 bits per heavy atom. The summed E-state index contributed by atoms with van der Waals surface area (Å²) >= 11 is 0. The number of hydrogen-bond donors (Lipinski definition) is 2. The molecule has 2 aromatic heterocycles. The molecule has 0 saturated carbocycles. The number of aliphatic hydroxyl groups excluding tert-OH is 1. The van der Waals surface area contributed by atoms with E-state index in [1.165, 1.54) is 0 Å². The number of nitrogens with zero attached hydrogens (tertiary/aromatic N) is 4. The van der Waals surface area contributed by atoms with Crippen LogP contribution in [0.15, 0.2) is 22.7 Å². The van der Waals surface area contributed by atoms with Crippen molar-refractivity contribution in [1.82, 2.24) is 19.7 Å². The van der Waals surface area contributed by atoms with Crippen molar-refractivity contribution >= 4 is 16.7 Å². The van der Waals surface area contributed by atoms with E-state index >= 15 is 0 Å². The van der Waals surface area contributed by atoms with Crippen LogP contribution >= 0.6 is 0 Å². The van der Waals surface area contributed by atoms with Crippen LogP contribution in [0.3, 0.4) is 0 Å². The molecule has 3 N–H and O–H groups in total. The first-order valence-electron chi connectivity index (χ1n) is 6.32. The maximum atomic E-state index is 9.43. The van der Waals surface area contributed by atoms with Gasteiger partial charge in [0.05, 0.1) is 11.0 Å². The Hall–Kier alpha value is -2.41. The fourth-order valence-corrected chi connectivity index (χ4v) is 2.22. The molecule has 104 valence electrons. The number of hydrogen-bond acceptors (Lipinski definition) is 6. The zero-order valence-electron chi connectivity index (χ0n) is 11.1. The highest BCUT2D eigenvalue weighted by Gasteiger charge is 2.11. The monoisotopic (exact) mass is 273 g/mol. The molecule has 3 rings (SSSR count). The van der Waals surface area contributed by atoms with Gasteiger partial charge in [-0.25, -0.2) is 4.98 Å². The van der Waals surface area contributed by atoms with Crippen LogP contribution in [0.4, 0.5) is 5.69 Å². The van der Waals surface area contributed by atoms with Crippen molar-refractivity contribution in [2.45, 2.75) is 26.5 Å². The van der Waals surface area contributed by atoms with Crippen LogP contribution < -0.4 is 5.73 Å². The highest BCUT2D eigenvalue weighted by molar-refractivity contribution is 5.79. The maximum Gasteiger partial charge on any atom is 0.223 e. The molecule has 1 aromatic carbocycles. The number of aliphatic hydroxyl groups is 1. The van der Waals surface area contributed by atoms with Gasteiger partial charge in [-0.05, 0) is 18.2 Å². The number of imidazole rings is 1. The Labute approximate surface area is 115 Å². The maximum absolute atomic E-state index is 9.43. The summed E-state index contributed by atoms with van der Waals surface area (Å²) in [6, 6.07) is 5.52. The highest BCUT2D eigenvalue weighted by Crippen LogP contribution is 2.19. The minimum Gasteiger partial charge on any atom is -0.399 e. The summed E-state index contributed by atoms with van der Waals surface area (Å²) in [6.45, 7) is 2.25. The zero-order valence-corrected chi connectivity index (χ0v) is 11.1. The molecule has 7 nitrogen and oxygen atoms in total. The molecule has 20 heavy (non-hydrogen) atoms. The van der Waals surface area contributed by atoms with Crippen LogP contribution in [0, 0.1) is 6.92 Å². The van der Waals surface area contributed by atoms with Crippen LogP contribution in [-0.4, -0.2) is 24.8 Å². The van der Waals surface area contributed by atoms with Gasteiger partial charge in [0.1, 0.15) is 12.4 Å². The normalized spacial score (nSPS) is 11.3. The minimum atomic E-state index is -0.125. The Morgan fingerprint density at radius 1 is 1.35 bits per heavy atom. The smallest absolute Gasteiger partial charge is 0.223 e. The highest BCUT2D eigenvalue weighted by atomic mass is 16.5. The largest absolute Gasteiger partial charge is 0.399 e. The second-order valence-corrected chi connectivity index (χ2v) is 4.57. The first kappa shape index (κ1) is 12.6. The number of benzene rings is 1. The van der Waals surface area contributed by atoms with Crippen LogP contribution in [-0.2, 0) is 19.6 Å². The van der Waals surface area contributed by atoms with E-state index in [2.05, 4.69) is 15.1 Å². The van der Waals surface area contributed by atoms with E-state index < -0.39 is 0 Å². The number of fused-ring (bicyclic) bond motifs is 1. The van der Waals surface area contributed by atoms with Crippen molar-refractivity contribution in [2.75, 3.05) is 5.73 Å². The molecule has 0 saturated heterocycles. The molecule has 0 amide bonds. The lowest BCUT2D eigenvalue weighted by atomic mass is 10.3. The van der Waals surface area contributed by atoms with E-state index in [1.807, 2.05) is 16.7 Å². The molecule has 0 aliphatic heterocycles. The first-order valence-corrected chi connectivity index (χ1v) is 6.32. The quantitative estimate of drug-likeness (QED) is 0.688. The second kappa shape index (κ2) is 4.93. The fourth-order valence-electron chi connectivity index (χ4n) is 2.22. The summed E-state index contributed by atoms with van der Waals surface area (Å²) in [6.07, 6.45) is 0.611. The summed E-state index contributed by atoms with van der Waals surface area (Å²) in [5, 5.41) is 13.3. The Balaban J connectivity index is 1.93. The van der Waals surface area contributed by atoms with Crippen molar-refractivity contribution in [3.8, 4) is 0 Å². The number of aryl methyl sites for hydroxylation is 3. The lowest BCUT2D eigenvalue weighted by Crippen LogP contribution is -2.07. The van der Waals surface area contributed by atoms with Crippen LogP contribution in [0.2, 0.25) is 0 Å². The number of nitrogens with two attached hydrogens (primary N) is 1. The lowest BCUT2D eigenvalue weighted by molar-refractivity contribution is 0.265. The van der Waals surface area contributed by atoms with Gasteiger partial charge in [-0.3, -0.25) is 0 Å². The number of aromatic nitrogens is 4. The van der Waals surface area contributed by atoms with E-state index in [0.717, 1.165) is 11.0 Å². The van der Waals surface area contributed by atoms with Crippen LogP contribution in [0.1, 0.15) is 17.5 Å². The summed E-state index contributed by atoms with van der Waals surface area (Å²) in [5.74, 6) is 1.79. The molecule has 2 heterocycles. The van der Waals surface area contributed by atoms with E-state index in [0.29, 0.717) is 36.2 Å². The molecule has 0 aliphatic carbocycles. The molecule has 0 atom stereocenters. The number of rotatable bonds is 4. The second-order valence-electron chi connectivity index (χ2n) is 4.57. The standard InChI is InChI=1S/C13H15N5O2/c1-8-15-12(17-20-8)4-5-18-11-3-2-9(14)6-10(11)16-13(18)7-19/h2-3,6,19H,4-5,7,14H2,1H3. The SMILES string of the molecule is Cc1nc(CCn2c(CO)nc3cc(N)ccc32)no1. The average Bonchev–Trinajstić information content (AvgIpc) is 2.99. The third-order valence-electron chi connectivity index (χ3n) is 3.12. The topological polar surface area (TPSA) is 103 Å². The van der Waals surface area contributed by atoms with Gasteiger partial charge in [0, 0.05) is 25.6 Å². The van der Waals surface area contributed by atoms with E-state index in [9.17, 15) is 5.11 Å². The molecule has 0 bridgehead atoms. The molecular formula is C13H15N5O2. The Kier molecular flexibility index (Phi) is 3.11. The summed E-state index contributed by atoms with van der Waals surface area (Å²) < 4.78 is 6.89. The lowest BCUT2D eigenvalue weighted by Gasteiger charge is -2.05. The minimum absolute atomic E-state index is 0.125. The van der Waals surface area contributed by atoms with Crippen LogP contribution in [0.25, 0.3) is 11.0 Å². The van der Waals surface area contributed by atoms with Crippen molar-refractivity contribution < 1.29 is 9.63 Å².